The van der Waals surface area contributed by atoms with Gasteiger partial charge >= 0.3 is 18.9 Å². The summed E-state index contributed by atoms with van der Waals surface area (Å²) >= 11 is 0. The molecule has 10 heavy (non-hydrogen) atoms. The Hall–Kier alpha value is -0.383. The van der Waals surface area contributed by atoms with Crippen LogP contribution < -0.4 is 4.74 Å². The van der Waals surface area contributed by atoms with E-state index in [-0.39, 0.29) is 18.9 Å². The maximum absolute atomic E-state index is 5.21. The summed E-state index contributed by atoms with van der Waals surface area (Å²) in [7, 11) is 0. The quantitative estimate of drug-likeness (QED) is 0.550. The molecule has 0 aromatic heterocycles. The van der Waals surface area contributed by atoms with Crippen molar-refractivity contribution in [2.24, 2.45) is 0 Å². The molecule has 0 heterocycles. The molecule has 0 aliphatic heterocycles. The predicted octanol–water partition coefficient (Wildman–Crippen LogP) is 1.44. The van der Waals surface area contributed by atoms with Crippen LogP contribution in [0.3, 0.4) is 0 Å². The van der Waals surface area contributed by atoms with Gasteiger partial charge in [0.05, 0.1) is 6.61 Å². The molecule has 1 rings (SSSR count). The first-order chi connectivity index (χ1) is 4.43. The molecule has 50 valence electrons. The van der Waals surface area contributed by atoms with Crippen LogP contribution in [0.1, 0.15) is 6.92 Å². The molecular formula is C8H11LiO. The van der Waals surface area contributed by atoms with Crippen LogP contribution in [0.5, 0.6) is 5.75 Å². The minimum absolute atomic E-state index is 0. The van der Waals surface area contributed by atoms with Crippen molar-refractivity contribution >= 4 is 18.9 Å². The third-order valence-corrected chi connectivity index (χ3v) is 1.05. The Morgan fingerprint density at radius 2 is 1.80 bits per heavy atom. The van der Waals surface area contributed by atoms with Gasteiger partial charge in [0.25, 0.3) is 0 Å². The standard InChI is InChI=1S/C8H10O.Li.H/c1-2-9-8-6-4-3-5-7-8;;/h3-7H,2H2,1H3;;. The van der Waals surface area contributed by atoms with Crippen molar-refractivity contribution in [3.8, 4) is 5.75 Å². The van der Waals surface area contributed by atoms with Gasteiger partial charge in [-0.15, -0.1) is 0 Å². The second-order valence-corrected chi connectivity index (χ2v) is 1.75. The number of benzene rings is 1. The van der Waals surface area contributed by atoms with E-state index in [0.29, 0.717) is 0 Å². The van der Waals surface area contributed by atoms with E-state index in [9.17, 15) is 0 Å². The Morgan fingerprint density at radius 3 is 2.30 bits per heavy atom. The molecule has 1 nitrogen and oxygen atoms in total. The fraction of sp³-hybridized carbons (Fsp3) is 0.250. The SMILES string of the molecule is CCOc1ccccc1.[LiH]. The second-order valence-electron chi connectivity index (χ2n) is 1.75. The molecule has 0 atom stereocenters. The van der Waals surface area contributed by atoms with E-state index in [1.807, 2.05) is 37.3 Å². The summed E-state index contributed by atoms with van der Waals surface area (Å²) in [5.41, 5.74) is 0. The Kier molecular flexibility index (Phi) is 5.20. The van der Waals surface area contributed by atoms with Crippen molar-refractivity contribution in [3.05, 3.63) is 30.3 Å². The van der Waals surface area contributed by atoms with E-state index in [4.69, 9.17) is 4.74 Å². The molecular weight excluding hydrogens is 119 g/mol. The third kappa shape index (κ3) is 2.96. The molecule has 0 N–H and O–H groups in total. The van der Waals surface area contributed by atoms with E-state index >= 15 is 0 Å². The van der Waals surface area contributed by atoms with Crippen LogP contribution in [-0.4, -0.2) is 25.5 Å². The third-order valence-electron chi connectivity index (χ3n) is 1.05. The molecule has 1 aromatic rings. The normalized spacial score (nSPS) is 8.10. The number of rotatable bonds is 2. The number of ether oxygens (including phenoxy) is 1. The zero-order chi connectivity index (χ0) is 6.53. The van der Waals surface area contributed by atoms with Crippen LogP contribution in [0.15, 0.2) is 30.3 Å². The fourth-order valence-corrected chi connectivity index (χ4v) is 0.683. The zero-order valence-corrected chi connectivity index (χ0v) is 5.50. The first-order valence-electron chi connectivity index (χ1n) is 3.11. The summed E-state index contributed by atoms with van der Waals surface area (Å²) in [4.78, 5) is 0. The van der Waals surface area contributed by atoms with E-state index in [1.54, 1.807) is 0 Å². The molecule has 0 amide bonds. The van der Waals surface area contributed by atoms with Gasteiger partial charge < -0.3 is 4.74 Å². The van der Waals surface area contributed by atoms with Crippen molar-refractivity contribution in [2.45, 2.75) is 6.92 Å². The predicted molar refractivity (Wildman–Crippen MR) is 44.8 cm³/mol. The van der Waals surface area contributed by atoms with Crippen molar-refractivity contribution in [1.82, 2.24) is 0 Å². The van der Waals surface area contributed by atoms with Crippen LogP contribution in [0.4, 0.5) is 0 Å². The van der Waals surface area contributed by atoms with Crippen molar-refractivity contribution < 1.29 is 4.74 Å². The van der Waals surface area contributed by atoms with Crippen molar-refractivity contribution in [2.75, 3.05) is 6.61 Å². The first-order valence-corrected chi connectivity index (χ1v) is 3.11. The Labute approximate surface area is 73.6 Å². The Bertz CT molecular complexity index is 162. The second kappa shape index (κ2) is 5.41. The molecule has 0 spiro atoms. The molecule has 0 saturated heterocycles. The molecule has 0 bridgehead atoms. The summed E-state index contributed by atoms with van der Waals surface area (Å²) in [5.74, 6) is 0.944. The summed E-state index contributed by atoms with van der Waals surface area (Å²) in [6.45, 7) is 2.72. The summed E-state index contributed by atoms with van der Waals surface area (Å²) in [6.07, 6.45) is 0. The van der Waals surface area contributed by atoms with Crippen LogP contribution in [0.25, 0.3) is 0 Å². The average molecular weight is 130 g/mol. The van der Waals surface area contributed by atoms with Crippen LogP contribution >= 0.6 is 0 Å². The Balaban J connectivity index is 0.000000810. The molecule has 0 unspecified atom stereocenters. The number of hydrogen-bond donors (Lipinski definition) is 0. The summed E-state index contributed by atoms with van der Waals surface area (Å²) in [6, 6.07) is 9.80. The van der Waals surface area contributed by atoms with Gasteiger partial charge in [-0.2, -0.15) is 0 Å². The molecule has 0 radical (unpaired) electrons. The monoisotopic (exact) mass is 130 g/mol. The van der Waals surface area contributed by atoms with Crippen LogP contribution in [0.2, 0.25) is 0 Å². The molecule has 1 aromatic carbocycles. The van der Waals surface area contributed by atoms with Crippen LogP contribution in [-0.2, 0) is 0 Å². The van der Waals surface area contributed by atoms with E-state index < -0.39 is 0 Å². The molecule has 0 saturated carbocycles. The number of para-hydroxylation sites is 1. The van der Waals surface area contributed by atoms with E-state index in [0.717, 1.165) is 12.4 Å². The van der Waals surface area contributed by atoms with Gasteiger partial charge in [0.15, 0.2) is 0 Å². The van der Waals surface area contributed by atoms with Gasteiger partial charge in [0.2, 0.25) is 0 Å². The van der Waals surface area contributed by atoms with Gasteiger partial charge in [0, 0.05) is 0 Å². The van der Waals surface area contributed by atoms with Gasteiger partial charge in [-0.05, 0) is 19.1 Å². The average Bonchev–Trinajstić information content (AvgIpc) is 1.91. The summed E-state index contributed by atoms with van der Waals surface area (Å²) < 4.78 is 5.21. The summed E-state index contributed by atoms with van der Waals surface area (Å²) in [5, 5.41) is 0. The van der Waals surface area contributed by atoms with E-state index in [2.05, 4.69) is 0 Å². The van der Waals surface area contributed by atoms with Gasteiger partial charge in [0.1, 0.15) is 5.75 Å². The van der Waals surface area contributed by atoms with Crippen molar-refractivity contribution in [1.29, 1.82) is 0 Å². The minimum atomic E-state index is 0. The first kappa shape index (κ1) is 9.62. The number of hydrogen-bond acceptors (Lipinski definition) is 1. The molecule has 0 aliphatic rings. The van der Waals surface area contributed by atoms with Crippen LogP contribution in [0, 0.1) is 0 Å². The maximum atomic E-state index is 5.21. The van der Waals surface area contributed by atoms with Gasteiger partial charge in [-0.25, -0.2) is 0 Å². The molecule has 0 fully saturated rings. The van der Waals surface area contributed by atoms with Gasteiger partial charge in [-0.1, -0.05) is 18.2 Å². The molecule has 2 heteroatoms. The topological polar surface area (TPSA) is 9.23 Å². The van der Waals surface area contributed by atoms with Gasteiger partial charge in [-0.3, -0.25) is 0 Å². The van der Waals surface area contributed by atoms with E-state index in [1.165, 1.54) is 0 Å². The fourth-order valence-electron chi connectivity index (χ4n) is 0.683. The molecule has 0 aliphatic carbocycles. The Morgan fingerprint density at radius 1 is 1.20 bits per heavy atom. The van der Waals surface area contributed by atoms with Crippen molar-refractivity contribution in [3.63, 3.8) is 0 Å². The zero-order valence-electron chi connectivity index (χ0n) is 5.50.